The van der Waals surface area contributed by atoms with Crippen molar-refractivity contribution in [1.29, 1.82) is 0 Å². The number of aryl methyl sites for hydroxylation is 1. The third-order valence-corrected chi connectivity index (χ3v) is 6.65. The van der Waals surface area contributed by atoms with E-state index in [0.717, 1.165) is 22.4 Å². The van der Waals surface area contributed by atoms with Crippen LogP contribution in [0.15, 0.2) is 53.4 Å². The Kier molecular flexibility index (Phi) is 10.4. The second-order valence-corrected chi connectivity index (χ2v) is 9.35. The fourth-order valence-corrected chi connectivity index (χ4v) is 4.23. The molecule has 0 fully saturated rings. The van der Waals surface area contributed by atoms with Crippen LogP contribution in [0.3, 0.4) is 0 Å². The number of halogens is 1. The van der Waals surface area contributed by atoms with Crippen LogP contribution in [0.25, 0.3) is 0 Å². The number of benzene rings is 2. The largest absolute Gasteiger partial charge is 0.352 e. The van der Waals surface area contributed by atoms with E-state index < -0.39 is 6.04 Å². The Morgan fingerprint density at radius 2 is 1.74 bits per heavy atom. The molecule has 31 heavy (non-hydrogen) atoms. The van der Waals surface area contributed by atoms with Gasteiger partial charge in [-0.3, -0.25) is 9.59 Å². The molecule has 0 saturated carbocycles. The molecule has 0 bridgehead atoms. The molecular formula is C25H33ClN2O2S. The van der Waals surface area contributed by atoms with E-state index >= 15 is 0 Å². The maximum atomic E-state index is 13.3. The summed E-state index contributed by atoms with van der Waals surface area (Å²) in [6.45, 7) is 8.45. The first kappa shape index (κ1) is 25.3. The fourth-order valence-electron chi connectivity index (χ4n) is 3.26. The van der Waals surface area contributed by atoms with E-state index in [9.17, 15) is 9.59 Å². The lowest BCUT2D eigenvalue weighted by molar-refractivity contribution is -0.141. The van der Waals surface area contributed by atoms with Gasteiger partial charge in [0.1, 0.15) is 6.04 Å². The summed E-state index contributed by atoms with van der Waals surface area (Å²) >= 11 is 7.57. The van der Waals surface area contributed by atoms with Gasteiger partial charge in [0.05, 0.1) is 0 Å². The first-order valence-electron chi connectivity index (χ1n) is 10.9. The van der Waals surface area contributed by atoms with Gasteiger partial charge in [0, 0.05) is 34.7 Å². The quantitative estimate of drug-likeness (QED) is 0.427. The van der Waals surface area contributed by atoms with Gasteiger partial charge in [-0.25, -0.2) is 0 Å². The lowest BCUT2D eigenvalue weighted by Crippen LogP contribution is -2.50. The highest BCUT2D eigenvalue weighted by Gasteiger charge is 2.29. The summed E-state index contributed by atoms with van der Waals surface area (Å²) in [5.41, 5.74) is 2.18. The van der Waals surface area contributed by atoms with Crippen molar-refractivity contribution in [2.45, 2.75) is 70.5 Å². The van der Waals surface area contributed by atoms with E-state index in [2.05, 4.69) is 5.32 Å². The highest BCUT2D eigenvalue weighted by Crippen LogP contribution is 2.22. The third-order valence-electron chi connectivity index (χ3n) is 5.39. The van der Waals surface area contributed by atoms with Crippen molar-refractivity contribution in [3.63, 3.8) is 0 Å². The van der Waals surface area contributed by atoms with Crippen molar-refractivity contribution in [3.05, 3.63) is 64.7 Å². The van der Waals surface area contributed by atoms with Gasteiger partial charge in [-0.05, 0) is 62.1 Å². The van der Waals surface area contributed by atoms with Crippen LogP contribution in [0, 0.1) is 6.92 Å². The highest BCUT2D eigenvalue weighted by molar-refractivity contribution is 7.99. The van der Waals surface area contributed by atoms with Gasteiger partial charge in [-0.1, -0.05) is 49.7 Å². The first-order valence-corrected chi connectivity index (χ1v) is 12.2. The van der Waals surface area contributed by atoms with Crippen LogP contribution < -0.4 is 5.32 Å². The summed E-state index contributed by atoms with van der Waals surface area (Å²) in [6.07, 6.45) is 1.79. The number of nitrogens with zero attached hydrogens (tertiary/aromatic N) is 1. The normalized spacial score (nSPS) is 12.8. The van der Waals surface area contributed by atoms with Gasteiger partial charge < -0.3 is 10.2 Å². The number of nitrogens with one attached hydrogen (secondary N) is 1. The monoisotopic (exact) mass is 460 g/mol. The van der Waals surface area contributed by atoms with Crippen molar-refractivity contribution in [1.82, 2.24) is 10.2 Å². The summed E-state index contributed by atoms with van der Waals surface area (Å²) in [7, 11) is 0. The van der Waals surface area contributed by atoms with Crippen LogP contribution in [0.5, 0.6) is 0 Å². The van der Waals surface area contributed by atoms with Crippen LogP contribution >= 0.6 is 23.4 Å². The van der Waals surface area contributed by atoms with E-state index in [0.29, 0.717) is 30.2 Å². The van der Waals surface area contributed by atoms with Gasteiger partial charge in [0.2, 0.25) is 11.8 Å². The van der Waals surface area contributed by atoms with Gasteiger partial charge in [-0.2, -0.15) is 0 Å². The summed E-state index contributed by atoms with van der Waals surface area (Å²) in [5, 5.41) is 3.75. The molecule has 2 aromatic carbocycles. The molecular weight excluding hydrogens is 428 g/mol. The third kappa shape index (κ3) is 7.89. The van der Waals surface area contributed by atoms with Crippen molar-refractivity contribution in [3.8, 4) is 0 Å². The maximum Gasteiger partial charge on any atom is 0.243 e. The molecule has 1 N–H and O–H groups in total. The van der Waals surface area contributed by atoms with Crippen LogP contribution in [0.1, 0.15) is 51.2 Å². The van der Waals surface area contributed by atoms with Crippen LogP contribution in [-0.2, 0) is 16.1 Å². The molecule has 0 aliphatic heterocycles. The van der Waals surface area contributed by atoms with Crippen molar-refractivity contribution in [2.75, 3.05) is 5.75 Å². The van der Waals surface area contributed by atoms with E-state index in [1.54, 1.807) is 16.7 Å². The first-order chi connectivity index (χ1) is 14.8. The van der Waals surface area contributed by atoms with Gasteiger partial charge in [0.15, 0.2) is 0 Å². The number of thioether (sulfide) groups is 1. The Labute approximate surface area is 195 Å². The molecule has 2 aromatic rings. The lowest BCUT2D eigenvalue weighted by Gasteiger charge is -2.32. The smallest absolute Gasteiger partial charge is 0.243 e. The lowest BCUT2D eigenvalue weighted by atomic mass is 10.1. The zero-order chi connectivity index (χ0) is 22.8. The molecule has 0 aliphatic carbocycles. The molecule has 6 heteroatoms. The Hall–Kier alpha value is -1.98. The topological polar surface area (TPSA) is 49.4 Å². The Bertz CT molecular complexity index is 857. The molecule has 168 valence electrons. The minimum Gasteiger partial charge on any atom is -0.352 e. The van der Waals surface area contributed by atoms with Gasteiger partial charge in [0.25, 0.3) is 0 Å². The molecule has 4 nitrogen and oxygen atoms in total. The molecule has 2 amide bonds. The number of carbonyl (C=O) groups excluding carboxylic acids is 2. The fraction of sp³-hybridized carbons (Fsp3) is 0.440. The summed E-state index contributed by atoms with van der Waals surface area (Å²) in [4.78, 5) is 29.1. The number of rotatable bonds is 11. The molecule has 0 unspecified atom stereocenters. The minimum absolute atomic E-state index is 0.00383. The second kappa shape index (κ2) is 12.8. The van der Waals surface area contributed by atoms with E-state index in [4.69, 9.17) is 11.6 Å². The zero-order valence-electron chi connectivity index (χ0n) is 18.9. The molecule has 0 saturated heterocycles. The average molecular weight is 461 g/mol. The highest BCUT2D eigenvalue weighted by atomic mass is 35.5. The number of hydrogen-bond donors (Lipinski definition) is 1. The number of amides is 2. The van der Waals surface area contributed by atoms with E-state index in [1.165, 1.54) is 0 Å². The molecule has 0 heterocycles. The summed E-state index contributed by atoms with van der Waals surface area (Å²) in [5.74, 6) is 0.564. The molecule has 2 rings (SSSR count). The zero-order valence-corrected chi connectivity index (χ0v) is 20.4. The van der Waals surface area contributed by atoms with Gasteiger partial charge in [-0.15, -0.1) is 11.8 Å². The molecule has 0 radical (unpaired) electrons. The number of carbonyl (C=O) groups is 2. The Morgan fingerprint density at radius 3 is 2.35 bits per heavy atom. The number of hydrogen-bond acceptors (Lipinski definition) is 3. The molecule has 2 atom stereocenters. The molecule has 0 aliphatic rings. The van der Waals surface area contributed by atoms with Crippen molar-refractivity contribution >= 4 is 35.2 Å². The van der Waals surface area contributed by atoms with Crippen molar-refractivity contribution < 1.29 is 9.59 Å². The Morgan fingerprint density at radius 1 is 1.06 bits per heavy atom. The Balaban J connectivity index is 2.14. The van der Waals surface area contributed by atoms with E-state index in [1.807, 2.05) is 76.2 Å². The van der Waals surface area contributed by atoms with Crippen LogP contribution in [0.4, 0.5) is 0 Å². The predicted octanol–water partition coefficient (Wildman–Crippen LogP) is 5.85. The van der Waals surface area contributed by atoms with Crippen LogP contribution in [0.2, 0.25) is 5.02 Å². The molecule has 0 aromatic heterocycles. The predicted molar refractivity (Wildman–Crippen MR) is 130 cm³/mol. The van der Waals surface area contributed by atoms with E-state index in [-0.39, 0.29) is 17.9 Å². The minimum atomic E-state index is -0.485. The average Bonchev–Trinajstić information content (AvgIpc) is 2.76. The SMILES string of the molecule is CC[C@@H](C)NC(=O)[C@@H](CC)N(Cc1ccccc1C)C(=O)CCSc1ccc(Cl)cc1. The standard InChI is InChI=1S/C25H33ClN2O2S/c1-5-19(4)27-25(30)23(6-2)28(17-20-10-8-7-9-18(20)3)24(29)15-16-31-22-13-11-21(26)12-14-22/h7-14,19,23H,5-6,15-17H2,1-4H3,(H,27,30)/t19-,23-/m1/s1. The van der Waals surface area contributed by atoms with Crippen LogP contribution in [-0.4, -0.2) is 34.6 Å². The maximum absolute atomic E-state index is 13.3. The van der Waals surface area contributed by atoms with Crippen molar-refractivity contribution in [2.24, 2.45) is 0 Å². The van der Waals surface area contributed by atoms with Gasteiger partial charge >= 0.3 is 0 Å². The second-order valence-electron chi connectivity index (χ2n) is 7.74. The summed E-state index contributed by atoms with van der Waals surface area (Å²) in [6, 6.07) is 15.2. The molecule has 0 spiro atoms. The summed E-state index contributed by atoms with van der Waals surface area (Å²) < 4.78 is 0.